The zero-order chi connectivity index (χ0) is 12.6. The molecule has 0 heterocycles. The number of allylic oxidation sites excluding steroid dienone is 1. The van der Waals surface area contributed by atoms with Crippen LogP contribution in [-0.4, -0.2) is 30.9 Å². The summed E-state index contributed by atoms with van der Waals surface area (Å²) in [5, 5.41) is 9.69. The maximum Gasteiger partial charge on any atom is 0.234 e. The second kappa shape index (κ2) is 3.93. The fourth-order valence-corrected chi connectivity index (χ4v) is 1.71. The number of hydrogen-bond donors (Lipinski definition) is 1. The number of carbonyl (C=O) groups excluding carboxylic acids is 2. The van der Waals surface area contributed by atoms with E-state index in [0.29, 0.717) is 5.75 Å². The number of hydrogen-bond acceptors (Lipinski definition) is 5. The lowest BCUT2D eigenvalue weighted by atomic mass is 9.93. The first-order valence-electron chi connectivity index (χ1n) is 4.84. The van der Waals surface area contributed by atoms with Gasteiger partial charge < -0.3 is 14.6 Å². The number of rotatable bonds is 2. The van der Waals surface area contributed by atoms with Crippen molar-refractivity contribution in [3.63, 3.8) is 0 Å². The first-order chi connectivity index (χ1) is 8.08. The van der Waals surface area contributed by atoms with E-state index in [1.54, 1.807) is 0 Å². The molecule has 0 aliphatic heterocycles. The zero-order valence-electron chi connectivity index (χ0n) is 9.31. The van der Waals surface area contributed by atoms with Crippen LogP contribution in [0.15, 0.2) is 18.2 Å². The van der Waals surface area contributed by atoms with Gasteiger partial charge in [0.15, 0.2) is 0 Å². The Hall–Kier alpha value is -2.30. The number of methoxy groups -OCH3 is 2. The molecule has 1 aromatic carbocycles. The number of aliphatic hydroxyl groups excluding tert-OH is 1. The van der Waals surface area contributed by atoms with Crippen LogP contribution in [0.2, 0.25) is 0 Å². The van der Waals surface area contributed by atoms with Crippen LogP contribution >= 0.6 is 0 Å². The second-order valence-electron chi connectivity index (χ2n) is 3.48. The van der Waals surface area contributed by atoms with E-state index in [0.717, 1.165) is 6.08 Å². The van der Waals surface area contributed by atoms with Gasteiger partial charge in [0.25, 0.3) is 0 Å². The van der Waals surface area contributed by atoms with Gasteiger partial charge in [-0.3, -0.25) is 9.59 Å². The van der Waals surface area contributed by atoms with Crippen molar-refractivity contribution >= 4 is 17.3 Å². The van der Waals surface area contributed by atoms with Gasteiger partial charge in [-0.15, -0.1) is 0 Å². The molecule has 0 unspecified atom stereocenters. The van der Waals surface area contributed by atoms with Gasteiger partial charge in [0.2, 0.25) is 11.6 Å². The van der Waals surface area contributed by atoms with Crippen LogP contribution in [0.3, 0.4) is 0 Å². The molecular weight excluding hydrogens is 224 g/mol. The standard InChI is InChI=1S/C12H10O5/c1-16-6-3-7-11(10(4-6)17-2)8(13)5-9(14)12(7)15/h3-5,13H,1-2H3. The van der Waals surface area contributed by atoms with Gasteiger partial charge in [0.05, 0.1) is 19.8 Å². The van der Waals surface area contributed by atoms with Gasteiger partial charge in [0, 0.05) is 17.7 Å². The molecule has 0 fully saturated rings. The number of ether oxygens (including phenoxy) is 2. The van der Waals surface area contributed by atoms with Gasteiger partial charge in [-0.2, -0.15) is 0 Å². The highest BCUT2D eigenvalue weighted by Gasteiger charge is 2.29. The molecule has 1 aliphatic rings. The van der Waals surface area contributed by atoms with E-state index in [1.807, 2.05) is 0 Å². The van der Waals surface area contributed by atoms with Crippen LogP contribution < -0.4 is 9.47 Å². The van der Waals surface area contributed by atoms with Gasteiger partial charge >= 0.3 is 0 Å². The lowest BCUT2D eigenvalue weighted by Crippen LogP contribution is -2.19. The number of fused-ring (bicyclic) bond motifs is 1. The van der Waals surface area contributed by atoms with Gasteiger partial charge in [-0.05, 0) is 6.07 Å². The monoisotopic (exact) mass is 234 g/mol. The average molecular weight is 234 g/mol. The molecule has 0 spiro atoms. The van der Waals surface area contributed by atoms with Crippen LogP contribution in [0.1, 0.15) is 15.9 Å². The predicted molar refractivity (Wildman–Crippen MR) is 59.5 cm³/mol. The summed E-state index contributed by atoms with van der Waals surface area (Å²) in [5.41, 5.74) is 0.309. The van der Waals surface area contributed by atoms with Crippen molar-refractivity contribution in [1.82, 2.24) is 0 Å². The Morgan fingerprint density at radius 2 is 1.82 bits per heavy atom. The van der Waals surface area contributed by atoms with Crippen molar-refractivity contribution in [2.24, 2.45) is 0 Å². The molecule has 0 saturated heterocycles. The highest BCUT2D eigenvalue weighted by Crippen LogP contribution is 2.35. The maximum atomic E-state index is 11.7. The molecule has 5 nitrogen and oxygen atoms in total. The largest absolute Gasteiger partial charge is 0.507 e. The molecule has 2 rings (SSSR count). The topological polar surface area (TPSA) is 72.8 Å². The third-order valence-corrected chi connectivity index (χ3v) is 2.52. The third-order valence-electron chi connectivity index (χ3n) is 2.52. The average Bonchev–Trinajstić information content (AvgIpc) is 2.34. The molecule has 0 aromatic heterocycles. The number of aliphatic hydroxyl groups is 1. The summed E-state index contributed by atoms with van der Waals surface area (Å²) in [6, 6.07) is 2.94. The Morgan fingerprint density at radius 1 is 1.12 bits per heavy atom. The molecule has 17 heavy (non-hydrogen) atoms. The minimum atomic E-state index is -0.759. The SMILES string of the molecule is COc1cc(OC)c2c(c1)C(=O)C(=O)C=C2O. The molecule has 1 aliphatic carbocycles. The van der Waals surface area contributed by atoms with Gasteiger partial charge in [-0.25, -0.2) is 0 Å². The Balaban J connectivity index is 2.75. The lowest BCUT2D eigenvalue weighted by molar-refractivity contribution is -0.111. The first-order valence-corrected chi connectivity index (χ1v) is 4.84. The Labute approximate surface area is 97.3 Å². The van der Waals surface area contributed by atoms with Crippen molar-refractivity contribution in [3.05, 3.63) is 29.3 Å². The summed E-state index contributed by atoms with van der Waals surface area (Å²) >= 11 is 0. The molecule has 0 bridgehead atoms. The van der Waals surface area contributed by atoms with E-state index in [1.165, 1.54) is 26.4 Å². The van der Waals surface area contributed by atoms with E-state index < -0.39 is 11.6 Å². The normalized spacial score (nSPS) is 14.1. The van der Waals surface area contributed by atoms with E-state index >= 15 is 0 Å². The minimum absolute atomic E-state index is 0.0891. The van der Waals surface area contributed by atoms with E-state index in [4.69, 9.17) is 9.47 Å². The van der Waals surface area contributed by atoms with Crippen LogP contribution in [0.25, 0.3) is 5.76 Å². The van der Waals surface area contributed by atoms with Crippen molar-refractivity contribution in [2.45, 2.75) is 0 Å². The van der Waals surface area contributed by atoms with E-state index in [2.05, 4.69) is 0 Å². The molecule has 1 N–H and O–H groups in total. The Bertz CT molecular complexity index is 542. The number of benzene rings is 1. The van der Waals surface area contributed by atoms with Crippen LogP contribution in [-0.2, 0) is 4.79 Å². The molecule has 5 heteroatoms. The Morgan fingerprint density at radius 3 is 2.41 bits per heavy atom. The van der Waals surface area contributed by atoms with Crippen LogP contribution in [0.4, 0.5) is 0 Å². The quantitative estimate of drug-likeness (QED) is 0.782. The summed E-state index contributed by atoms with van der Waals surface area (Å²) < 4.78 is 10.1. The predicted octanol–water partition coefficient (Wildman–Crippen LogP) is 1.37. The van der Waals surface area contributed by atoms with Crippen molar-refractivity contribution in [3.8, 4) is 11.5 Å². The smallest absolute Gasteiger partial charge is 0.234 e. The molecular formula is C12H10O5. The van der Waals surface area contributed by atoms with Gasteiger partial charge in [-0.1, -0.05) is 0 Å². The van der Waals surface area contributed by atoms with Crippen molar-refractivity contribution in [1.29, 1.82) is 0 Å². The van der Waals surface area contributed by atoms with Crippen molar-refractivity contribution in [2.75, 3.05) is 14.2 Å². The lowest BCUT2D eigenvalue weighted by Gasteiger charge is -2.16. The molecule has 0 atom stereocenters. The Kier molecular flexibility index (Phi) is 2.59. The molecule has 0 amide bonds. The molecule has 0 saturated carbocycles. The zero-order valence-corrected chi connectivity index (χ0v) is 9.31. The molecule has 1 aromatic rings. The summed E-state index contributed by atoms with van der Waals surface area (Å²) in [7, 11) is 2.84. The summed E-state index contributed by atoms with van der Waals surface area (Å²) in [6.45, 7) is 0. The van der Waals surface area contributed by atoms with Gasteiger partial charge in [0.1, 0.15) is 17.3 Å². The van der Waals surface area contributed by atoms with Crippen molar-refractivity contribution < 1.29 is 24.2 Å². The maximum absolute atomic E-state index is 11.7. The fraction of sp³-hybridized carbons (Fsp3) is 0.167. The molecule has 0 radical (unpaired) electrons. The highest BCUT2D eigenvalue weighted by atomic mass is 16.5. The molecule has 88 valence electrons. The van der Waals surface area contributed by atoms with E-state index in [-0.39, 0.29) is 22.6 Å². The third kappa shape index (κ3) is 1.65. The van der Waals surface area contributed by atoms with Crippen LogP contribution in [0, 0.1) is 0 Å². The number of ketones is 2. The second-order valence-corrected chi connectivity index (χ2v) is 3.48. The van der Waals surface area contributed by atoms with E-state index in [9.17, 15) is 14.7 Å². The number of Topliss-reactive ketones (excluding diaryl/α,β-unsaturated/α-hetero) is 1. The summed E-state index contributed by atoms with van der Waals surface area (Å²) in [6.07, 6.45) is 0.889. The highest BCUT2D eigenvalue weighted by molar-refractivity contribution is 6.50. The number of carbonyl (C=O) groups is 2. The summed E-state index contributed by atoms with van der Waals surface area (Å²) in [4.78, 5) is 23.0. The van der Waals surface area contributed by atoms with Crippen LogP contribution in [0.5, 0.6) is 11.5 Å². The first kappa shape index (κ1) is 11.2. The summed E-state index contributed by atoms with van der Waals surface area (Å²) in [5.74, 6) is -1.05. The fourth-order valence-electron chi connectivity index (χ4n) is 1.71. The minimum Gasteiger partial charge on any atom is -0.507 e.